The van der Waals surface area contributed by atoms with E-state index in [9.17, 15) is 0 Å². The van der Waals surface area contributed by atoms with Crippen molar-refractivity contribution < 1.29 is 4.52 Å². The van der Waals surface area contributed by atoms with E-state index in [2.05, 4.69) is 50.0 Å². The van der Waals surface area contributed by atoms with Gasteiger partial charge in [0.05, 0.1) is 6.04 Å². The normalized spacial score (nSPS) is 23.1. The lowest BCUT2D eigenvalue weighted by atomic mass is 10.2. The Morgan fingerprint density at radius 3 is 2.58 bits per heavy atom. The Morgan fingerprint density at radius 1 is 1.08 bits per heavy atom. The summed E-state index contributed by atoms with van der Waals surface area (Å²) in [5, 5.41) is 4.14. The average molecular weight is 328 g/mol. The summed E-state index contributed by atoms with van der Waals surface area (Å²) < 4.78 is 5.49. The van der Waals surface area contributed by atoms with Crippen LogP contribution in [0.1, 0.15) is 24.8 Å². The first kappa shape index (κ1) is 15.5. The van der Waals surface area contributed by atoms with E-state index in [1.165, 1.54) is 6.42 Å². The molecule has 24 heavy (non-hydrogen) atoms. The highest BCUT2D eigenvalue weighted by Crippen LogP contribution is 2.30. The van der Waals surface area contributed by atoms with Gasteiger partial charge in [0.2, 0.25) is 11.7 Å². The van der Waals surface area contributed by atoms with Gasteiger partial charge in [-0.15, -0.1) is 0 Å². The molecule has 7 nitrogen and oxygen atoms in total. The fourth-order valence-corrected chi connectivity index (χ4v) is 3.45. The SMILES string of the molecule is CN1CCN(c2ccc(-c3noc([C@@H]4CCCN4C)n3)cn2)CC1. The van der Waals surface area contributed by atoms with E-state index in [0.29, 0.717) is 11.7 Å². The van der Waals surface area contributed by atoms with Crippen LogP contribution in [-0.4, -0.2) is 71.7 Å². The largest absolute Gasteiger partial charge is 0.354 e. The highest BCUT2D eigenvalue weighted by atomic mass is 16.5. The van der Waals surface area contributed by atoms with Gasteiger partial charge < -0.3 is 14.3 Å². The minimum atomic E-state index is 0.254. The maximum absolute atomic E-state index is 5.49. The summed E-state index contributed by atoms with van der Waals surface area (Å²) in [7, 11) is 4.26. The molecule has 4 heterocycles. The molecule has 4 rings (SSSR count). The fraction of sp³-hybridized carbons (Fsp3) is 0.588. The summed E-state index contributed by atoms with van der Waals surface area (Å²) >= 11 is 0. The molecule has 128 valence electrons. The van der Waals surface area contributed by atoms with Crippen LogP contribution in [0.25, 0.3) is 11.4 Å². The van der Waals surface area contributed by atoms with Crippen LogP contribution in [0.4, 0.5) is 5.82 Å². The van der Waals surface area contributed by atoms with Gasteiger partial charge in [0.1, 0.15) is 5.82 Å². The lowest BCUT2D eigenvalue weighted by Crippen LogP contribution is -2.44. The minimum Gasteiger partial charge on any atom is -0.354 e. The molecular formula is C17H24N6O. The van der Waals surface area contributed by atoms with Gasteiger partial charge in [0.15, 0.2) is 0 Å². The molecule has 0 spiro atoms. The molecule has 0 aliphatic carbocycles. The van der Waals surface area contributed by atoms with Crippen LogP contribution in [0.5, 0.6) is 0 Å². The summed E-state index contributed by atoms with van der Waals surface area (Å²) in [4.78, 5) is 16.1. The second-order valence-corrected chi connectivity index (χ2v) is 6.79. The van der Waals surface area contributed by atoms with Crippen LogP contribution in [-0.2, 0) is 0 Å². The summed E-state index contributed by atoms with van der Waals surface area (Å²) in [5.74, 6) is 2.36. The van der Waals surface area contributed by atoms with Crippen molar-refractivity contribution >= 4 is 5.82 Å². The van der Waals surface area contributed by atoms with Crippen LogP contribution in [0.3, 0.4) is 0 Å². The van der Waals surface area contributed by atoms with E-state index in [-0.39, 0.29) is 6.04 Å². The molecule has 0 radical (unpaired) electrons. The number of piperazine rings is 1. The molecule has 0 aromatic carbocycles. The predicted octanol–water partition coefficient (Wildman–Crippen LogP) is 1.65. The van der Waals surface area contributed by atoms with E-state index in [4.69, 9.17) is 4.52 Å². The van der Waals surface area contributed by atoms with Crippen LogP contribution in [0, 0.1) is 0 Å². The molecule has 2 aromatic rings. The Kier molecular flexibility index (Phi) is 4.20. The molecule has 0 saturated carbocycles. The number of anilines is 1. The molecule has 0 amide bonds. The first-order valence-electron chi connectivity index (χ1n) is 8.64. The molecular weight excluding hydrogens is 304 g/mol. The monoisotopic (exact) mass is 328 g/mol. The van der Waals surface area contributed by atoms with Crippen molar-refractivity contribution in [1.29, 1.82) is 0 Å². The van der Waals surface area contributed by atoms with E-state index >= 15 is 0 Å². The van der Waals surface area contributed by atoms with Gasteiger partial charge in [0.25, 0.3) is 0 Å². The van der Waals surface area contributed by atoms with Gasteiger partial charge >= 0.3 is 0 Å². The first-order chi connectivity index (χ1) is 11.7. The van der Waals surface area contributed by atoms with Crippen molar-refractivity contribution in [2.24, 2.45) is 0 Å². The standard InChI is InChI=1S/C17H24N6O/c1-21-8-10-23(11-9-21)15-6-5-13(12-18-15)16-19-17(24-20-16)14-4-3-7-22(14)2/h5-6,12,14H,3-4,7-11H2,1-2H3/t14-/m0/s1. The Labute approximate surface area is 142 Å². The second kappa shape index (κ2) is 6.49. The van der Waals surface area contributed by atoms with Crippen molar-refractivity contribution in [3.05, 3.63) is 24.2 Å². The molecule has 2 saturated heterocycles. The van der Waals surface area contributed by atoms with Gasteiger partial charge in [-0.05, 0) is 45.6 Å². The van der Waals surface area contributed by atoms with Gasteiger partial charge in [0, 0.05) is 37.9 Å². The van der Waals surface area contributed by atoms with Gasteiger partial charge in [-0.1, -0.05) is 5.16 Å². The summed E-state index contributed by atoms with van der Waals surface area (Å²) in [5.41, 5.74) is 0.906. The Morgan fingerprint density at radius 2 is 1.92 bits per heavy atom. The molecule has 1 atom stereocenters. The van der Waals surface area contributed by atoms with Crippen LogP contribution in [0.2, 0.25) is 0 Å². The van der Waals surface area contributed by atoms with Crippen molar-refractivity contribution in [1.82, 2.24) is 24.9 Å². The molecule has 2 aliphatic heterocycles. The highest BCUT2D eigenvalue weighted by Gasteiger charge is 2.28. The molecule has 2 fully saturated rings. The Balaban J connectivity index is 1.48. The number of likely N-dealkylation sites (N-methyl/N-ethyl adjacent to an activating group) is 1. The number of pyridine rings is 1. The fourth-order valence-electron chi connectivity index (χ4n) is 3.45. The van der Waals surface area contributed by atoms with Crippen molar-refractivity contribution in [3.63, 3.8) is 0 Å². The first-order valence-corrected chi connectivity index (χ1v) is 8.64. The zero-order valence-electron chi connectivity index (χ0n) is 14.4. The third kappa shape index (κ3) is 3.01. The zero-order chi connectivity index (χ0) is 16.5. The van der Waals surface area contributed by atoms with Crippen molar-refractivity contribution in [2.45, 2.75) is 18.9 Å². The topological polar surface area (TPSA) is 61.5 Å². The second-order valence-electron chi connectivity index (χ2n) is 6.79. The zero-order valence-corrected chi connectivity index (χ0v) is 14.4. The number of aromatic nitrogens is 3. The van der Waals surface area contributed by atoms with Gasteiger partial charge in [-0.2, -0.15) is 4.98 Å². The number of hydrogen-bond donors (Lipinski definition) is 0. The van der Waals surface area contributed by atoms with E-state index in [1.807, 2.05) is 12.3 Å². The van der Waals surface area contributed by atoms with Crippen LogP contribution in [0.15, 0.2) is 22.9 Å². The average Bonchev–Trinajstić information content (AvgIpc) is 3.24. The number of likely N-dealkylation sites (tertiary alicyclic amines) is 1. The van der Waals surface area contributed by atoms with Crippen LogP contribution < -0.4 is 4.90 Å². The molecule has 2 aromatic heterocycles. The molecule has 0 unspecified atom stereocenters. The molecule has 0 N–H and O–H groups in total. The third-order valence-electron chi connectivity index (χ3n) is 5.08. The lowest BCUT2D eigenvalue weighted by Gasteiger charge is -2.33. The molecule has 7 heteroatoms. The lowest BCUT2D eigenvalue weighted by molar-refractivity contribution is 0.245. The number of rotatable bonds is 3. The Hall–Kier alpha value is -1.99. The quantitative estimate of drug-likeness (QED) is 0.849. The summed E-state index contributed by atoms with van der Waals surface area (Å²) in [6.45, 7) is 5.27. The molecule has 0 bridgehead atoms. The van der Waals surface area contributed by atoms with Crippen LogP contribution >= 0.6 is 0 Å². The molecule has 2 aliphatic rings. The van der Waals surface area contributed by atoms with E-state index < -0.39 is 0 Å². The highest BCUT2D eigenvalue weighted by molar-refractivity contribution is 5.56. The third-order valence-corrected chi connectivity index (χ3v) is 5.08. The summed E-state index contributed by atoms with van der Waals surface area (Å²) in [6.07, 6.45) is 4.11. The van der Waals surface area contributed by atoms with Crippen molar-refractivity contribution in [2.75, 3.05) is 51.7 Å². The Bertz CT molecular complexity index is 677. The smallest absolute Gasteiger partial charge is 0.244 e. The maximum Gasteiger partial charge on any atom is 0.244 e. The van der Waals surface area contributed by atoms with E-state index in [0.717, 1.165) is 50.5 Å². The number of nitrogens with zero attached hydrogens (tertiary/aromatic N) is 6. The van der Waals surface area contributed by atoms with Gasteiger partial charge in [-0.25, -0.2) is 4.98 Å². The minimum absolute atomic E-state index is 0.254. The maximum atomic E-state index is 5.49. The summed E-state index contributed by atoms with van der Waals surface area (Å²) in [6, 6.07) is 4.34. The predicted molar refractivity (Wildman–Crippen MR) is 91.8 cm³/mol. The number of hydrogen-bond acceptors (Lipinski definition) is 7. The van der Waals surface area contributed by atoms with Crippen molar-refractivity contribution in [3.8, 4) is 11.4 Å². The van der Waals surface area contributed by atoms with E-state index in [1.54, 1.807) is 0 Å². The van der Waals surface area contributed by atoms with Gasteiger partial charge in [-0.3, -0.25) is 4.90 Å².